The van der Waals surface area contributed by atoms with Gasteiger partial charge >= 0.3 is 0 Å². The van der Waals surface area contributed by atoms with Gasteiger partial charge in [-0.15, -0.1) is 5.10 Å². The van der Waals surface area contributed by atoms with Crippen molar-refractivity contribution >= 4 is 21.4 Å². The van der Waals surface area contributed by atoms with E-state index in [0.717, 1.165) is 45.8 Å². The van der Waals surface area contributed by atoms with Gasteiger partial charge in [-0.25, -0.2) is 14.5 Å². The Kier molecular flexibility index (Phi) is 4.47. The van der Waals surface area contributed by atoms with Gasteiger partial charge in [-0.2, -0.15) is 0 Å². The smallest absolute Gasteiger partial charge is 0.226 e. The predicted octanol–water partition coefficient (Wildman–Crippen LogP) is 4.71. The topological polar surface area (TPSA) is 68.2 Å². The van der Waals surface area contributed by atoms with Crippen LogP contribution in [0.5, 0.6) is 0 Å². The first kappa shape index (κ1) is 17.7. The molecule has 27 heavy (non-hydrogen) atoms. The molecule has 0 saturated heterocycles. The Bertz CT molecular complexity index is 1020. The SMILES string of the molecule is Cc1oc(-c2ccccc2)nc1CCNc1nn2cc(C(C)(C)C)nc2s1. The number of benzene rings is 1. The average molecular weight is 382 g/mol. The molecule has 0 aliphatic carbocycles. The molecule has 1 N–H and O–H groups in total. The lowest BCUT2D eigenvalue weighted by atomic mass is 9.93. The summed E-state index contributed by atoms with van der Waals surface area (Å²) in [6, 6.07) is 9.97. The summed E-state index contributed by atoms with van der Waals surface area (Å²) in [6.07, 6.45) is 2.78. The Labute approximate surface area is 162 Å². The number of fused-ring (bicyclic) bond motifs is 1. The van der Waals surface area contributed by atoms with Crippen molar-refractivity contribution in [2.24, 2.45) is 0 Å². The second kappa shape index (κ2) is 6.81. The minimum Gasteiger partial charge on any atom is -0.441 e. The van der Waals surface area contributed by atoms with E-state index in [1.807, 2.05) is 48.0 Å². The Hall–Kier alpha value is -2.67. The highest BCUT2D eigenvalue weighted by Gasteiger charge is 2.19. The third-order valence-corrected chi connectivity index (χ3v) is 5.24. The minimum absolute atomic E-state index is 0.0297. The Morgan fingerprint density at radius 3 is 2.63 bits per heavy atom. The van der Waals surface area contributed by atoms with Gasteiger partial charge in [0.05, 0.1) is 17.6 Å². The van der Waals surface area contributed by atoms with Gasteiger partial charge < -0.3 is 9.73 Å². The van der Waals surface area contributed by atoms with E-state index in [0.29, 0.717) is 5.89 Å². The number of oxazole rings is 1. The molecular formula is C20H23N5OS. The van der Waals surface area contributed by atoms with Crippen LogP contribution in [0.25, 0.3) is 16.4 Å². The second-order valence-electron chi connectivity index (χ2n) is 7.58. The van der Waals surface area contributed by atoms with Gasteiger partial charge in [0.2, 0.25) is 16.0 Å². The minimum atomic E-state index is 0.0297. The van der Waals surface area contributed by atoms with Crippen molar-refractivity contribution in [1.29, 1.82) is 0 Å². The van der Waals surface area contributed by atoms with E-state index in [4.69, 9.17) is 4.42 Å². The maximum Gasteiger partial charge on any atom is 0.226 e. The van der Waals surface area contributed by atoms with E-state index in [9.17, 15) is 0 Å². The van der Waals surface area contributed by atoms with Gasteiger partial charge in [0.15, 0.2) is 0 Å². The standard InChI is InChI=1S/C20H23N5OS/c1-13-15(22-17(26-13)14-8-6-5-7-9-14)10-11-21-18-24-25-12-16(20(2,3)4)23-19(25)27-18/h5-9,12H,10-11H2,1-4H3,(H,21,24). The summed E-state index contributed by atoms with van der Waals surface area (Å²) in [6.45, 7) is 9.16. The van der Waals surface area contributed by atoms with Crippen molar-refractivity contribution < 1.29 is 4.42 Å². The lowest BCUT2D eigenvalue weighted by Crippen LogP contribution is -2.11. The maximum atomic E-state index is 5.82. The molecule has 3 heterocycles. The highest BCUT2D eigenvalue weighted by molar-refractivity contribution is 7.20. The summed E-state index contributed by atoms with van der Waals surface area (Å²) in [7, 11) is 0. The van der Waals surface area contributed by atoms with Crippen LogP contribution in [0.4, 0.5) is 5.13 Å². The average Bonchev–Trinajstić information content (AvgIpc) is 3.29. The molecule has 0 fully saturated rings. The molecule has 6 nitrogen and oxygen atoms in total. The molecule has 0 spiro atoms. The second-order valence-corrected chi connectivity index (χ2v) is 8.53. The van der Waals surface area contributed by atoms with E-state index >= 15 is 0 Å². The molecule has 0 unspecified atom stereocenters. The molecule has 4 aromatic rings. The van der Waals surface area contributed by atoms with Crippen LogP contribution in [0.1, 0.15) is 37.9 Å². The molecule has 0 amide bonds. The Balaban J connectivity index is 1.41. The molecule has 140 valence electrons. The monoisotopic (exact) mass is 381 g/mol. The molecule has 0 radical (unpaired) electrons. The van der Waals surface area contributed by atoms with Crippen molar-refractivity contribution in [3.63, 3.8) is 0 Å². The lowest BCUT2D eigenvalue weighted by Gasteiger charge is -2.13. The van der Waals surface area contributed by atoms with E-state index in [2.05, 4.69) is 41.2 Å². The predicted molar refractivity (Wildman–Crippen MR) is 108 cm³/mol. The van der Waals surface area contributed by atoms with E-state index in [-0.39, 0.29) is 5.41 Å². The van der Waals surface area contributed by atoms with Crippen molar-refractivity contribution in [3.05, 3.63) is 53.7 Å². The van der Waals surface area contributed by atoms with E-state index in [1.165, 1.54) is 0 Å². The van der Waals surface area contributed by atoms with Gasteiger partial charge in [0.1, 0.15) is 5.76 Å². The zero-order chi connectivity index (χ0) is 19.0. The van der Waals surface area contributed by atoms with Crippen molar-refractivity contribution in [2.45, 2.75) is 39.5 Å². The maximum absolute atomic E-state index is 5.82. The largest absolute Gasteiger partial charge is 0.441 e. The van der Waals surface area contributed by atoms with Crippen LogP contribution in [0, 0.1) is 6.92 Å². The summed E-state index contributed by atoms with van der Waals surface area (Å²) >= 11 is 1.56. The van der Waals surface area contributed by atoms with Crippen LogP contribution in [0.15, 0.2) is 40.9 Å². The highest BCUT2D eigenvalue weighted by atomic mass is 32.1. The van der Waals surface area contributed by atoms with E-state index < -0.39 is 0 Å². The van der Waals surface area contributed by atoms with Crippen LogP contribution in [-0.2, 0) is 11.8 Å². The number of nitrogens with one attached hydrogen (secondary N) is 1. The summed E-state index contributed by atoms with van der Waals surface area (Å²) in [5, 5.41) is 8.80. The van der Waals surface area contributed by atoms with Gasteiger partial charge in [-0.05, 0) is 19.1 Å². The molecule has 0 bridgehead atoms. The van der Waals surface area contributed by atoms with Crippen LogP contribution >= 0.6 is 11.3 Å². The fourth-order valence-corrected chi connectivity index (χ4v) is 3.59. The number of rotatable bonds is 5. The van der Waals surface area contributed by atoms with Gasteiger partial charge in [0.25, 0.3) is 0 Å². The van der Waals surface area contributed by atoms with Gasteiger partial charge in [-0.3, -0.25) is 0 Å². The number of aryl methyl sites for hydroxylation is 1. The Morgan fingerprint density at radius 2 is 1.93 bits per heavy atom. The summed E-state index contributed by atoms with van der Waals surface area (Å²) in [5.41, 5.74) is 3.05. The molecule has 3 aromatic heterocycles. The molecule has 1 aromatic carbocycles. The van der Waals surface area contributed by atoms with Gasteiger partial charge in [-0.1, -0.05) is 50.3 Å². The lowest BCUT2D eigenvalue weighted by molar-refractivity contribution is 0.539. The number of nitrogens with zero attached hydrogens (tertiary/aromatic N) is 4. The summed E-state index contributed by atoms with van der Waals surface area (Å²) < 4.78 is 7.67. The van der Waals surface area contributed by atoms with Crippen LogP contribution in [0.3, 0.4) is 0 Å². The highest BCUT2D eigenvalue weighted by Crippen LogP contribution is 2.26. The summed E-state index contributed by atoms with van der Waals surface area (Å²) in [4.78, 5) is 10.2. The molecule has 0 atom stereocenters. The summed E-state index contributed by atoms with van der Waals surface area (Å²) in [5.74, 6) is 1.53. The van der Waals surface area contributed by atoms with Crippen LogP contribution < -0.4 is 5.32 Å². The third-order valence-electron chi connectivity index (χ3n) is 4.36. The normalized spacial score (nSPS) is 12.0. The molecule has 0 aliphatic rings. The first-order valence-corrected chi connectivity index (χ1v) is 9.84. The zero-order valence-corrected chi connectivity index (χ0v) is 16.8. The van der Waals surface area contributed by atoms with Crippen LogP contribution in [-0.4, -0.2) is 26.1 Å². The fourth-order valence-electron chi connectivity index (χ4n) is 2.78. The number of anilines is 1. The quantitative estimate of drug-likeness (QED) is 0.542. The van der Waals surface area contributed by atoms with Crippen molar-refractivity contribution in [2.75, 3.05) is 11.9 Å². The van der Waals surface area contributed by atoms with Gasteiger partial charge in [0, 0.05) is 23.9 Å². The first-order chi connectivity index (χ1) is 12.9. The molecule has 0 aliphatic heterocycles. The van der Waals surface area contributed by atoms with Crippen molar-refractivity contribution in [1.82, 2.24) is 19.6 Å². The molecule has 7 heteroatoms. The molecule has 4 rings (SSSR count). The zero-order valence-electron chi connectivity index (χ0n) is 16.0. The fraction of sp³-hybridized carbons (Fsp3) is 0.350. The van der Waals surface area contributed by atoms with E-state index in [1.54, 1.807) is 11.3 Å². The Morgan fingerprint density at radius 1 is 1.15 bits per heavy atom. The first-order valence-electron chi connectivity index (χ1n) is 9.02. The number of imidazole rings is 1. The van der Waals surface area contributed by atoms with Crippen molar-refractivity contribution in [3.8, 4) is 11.5 Å². The molecular weight excluding hydrogens is 358 g/mol. The third kappa shape index (κ3) is 3.73. The number of hydrogen-bond acceptors (Lipinski definition) is 6. The number of aromatic nitrogens is 4. The number of hydrogen-bond donors (Lipinski definition) is 1. The van der Waals surface area contributed by atoms with Crippen LogP contribution in [0.2, 0.25) is 0 Å². The molecule has 0 saturated carbocycles.